The molecule has 0 saturated carbocycles. The first-order chi connectivity index (χ1) is 10.8. The van der Waals surface area contributed by atoms with E-state index in [0.717, 1.165) is 18.0 Å². The van der Waals surface area contributed by atoms with Gasteiger partial charge in [-0.2, -0.15) is 0 Å². The average Bonchev–Trinajstić information content (AvgIpc) is 2.94. The molecule has 0 saturated heterocycles. The van der Waals surface area contributed by atoms with Crippen LogP contribution in [-0.2, 0) is 16.1 Å². The molecule has 1 aliphatic heterocycles. The smallest absolute Gasteiger partial charge is 0.342 e. The summed E-state index contributed by atoms with van der Waals surface area (Å²) >= 11 is 0. The number of Topliss-reactive ketones (excluding diaryl/α,β-unsaturated/α-hetero) is 1. The molecule has 0 bridgehead atoms. The van der Waals surface area contributed by atoms with Gasteiger partial charge in [0.25, 0.3) is 5.91 Å². The van der Waals surface area contributed by atoms with E-state index in [9.17, 15) is 29.9 Å². The highest BCUT2D eigenvalue weighted by Gasteiger charge is 2.41. The first-order valence-electron chi connectivity index (χ1n) is 6.82. The number of carbonyl (C=O) groups excluding carboxylic acids is 2. The van der Waals surface area contributed by atoms with Crippen LogP contribution in [0.1, 0.15) is 12.7 Å². The summed E-state index contributed by atoms with van der Waals surface area (Å²) in [5, 5.41) is 30.2. The van der Waals surface area contributed by atoms with E-state index >= 15 is 0 Å². The number of nitrogens with zero attached hydrogens (tertiary/aromatic N) is 4. The van der Waals surface area contributed by atoms with Gasteiger partial charge in [-0.3, -0.25) is 9.59 Å². The minimum Gasteiger partial charge on any atom is -0.509 e. The van der Waals surface area contributed by atoms with E-state index < -0.39 is 35.0 Å². The lowest BCUT2D eigenvalue weighted by Crippen LogP contribution is -2.40. The monoisotopic (exact) mass is 324 g/mol. The predicted molar refractivity (Wildman–Crippen MR) is 76.5 cm³/mol. The summed E-state index contributed by atoms with van der Waals surface area (Å²) < 4.78 is 1.31. The number of amides is 1. The van der Waals surface area contributed by atoms with Crippen LogP contribution in [0.5, 0.6) is 0 Å². The SMILES string of the molecule is CC(=O)C1=C(O)C(CO)N(CCn2c([N+](=O)[O-])cnc2C)C1=O. The van der Waals surface area contributed by atoms with Gasteiger partial charge in [0.05, 0.1) is 13.2 Å². The molecule has 2 N–H and O–H groups in total. The number of aliphatic hydroxyl groups is 2. The van der Waals surface area contributed by atoms with E-state index in [-0.39, 0.29) is 24.5 Å². The fourth-order valence-electron chi connectivity index (χ4n) is 2.57. The Morgan fingerprint density at radius 2 is 2.13 bits per heavy atom. The second kappa shape index (κ2) is 6.16. The van der Waals surface area contributed by atoms with E-state index in [0.29, 0.717) is 5.82 Å². The molecule has 0 fully saturated rings. The number of rotatable bonds is 6. The minimum absolute atomic E-state index is 0.0249. The van der Waals surface area contributed by atoms with Crippen LogP contribution in [0.3, 0.4) is 0 Å². The second-order valence-corrected chi connectivity index (χ2v) is 5.09. The highest BCUT2D eigenvalue weighted by molar-refractivity contribution is 6.20. The number of hydrogen-bond donors (Lipinski definition) is 2. The fraction of sp³-hybridized carbons (Fsp3) is 0.462. The highest BCUT2D eigenvalue weighted by Crippen LogP contribution is 2.25. The van der Waals surface area contributed by atoms with Crippen molar-refractivity contribution in [2.45, 2.75) is 26.4 Å². The van der Waals surface area contributed by atoms with Crippen LogP contribution in [0.15, 0.2) is 17.5 Å². The predicted octanol–water partition coefficient (Wildman–Crippen LogP) is -0.296. The van der Waals surface area contributed by atoms with Crippen molar-refractivity contribution in [3.63, 3.8) is 0 Å². The molecule has 0 spiro atoms. The van der Waals surface area contributed by atoms with Gasteiger partial charge in [0.2, 0.25) is 0 Å². The lowest BCUT2D eigenvalue weighted by atomic mass is 10.1. The van der Waals surface area contributed by atoms with Crippen LogP contribution in [0, 0.1) is 17.0 Å². The van der Waals surface area contributed by atoms with Crippen molar-refractivity contribution in [3.8, 4) is 0 Å². The van der Waals surface area contributed by atoms with Gasteiger partial charge in [0.1, 0.15) is 30.1 Å². The van der Waals surface area contributed by atoms with Crippen LogP contribution in [0.4, 0.5) is 5.82 Å². The van der Waals surface area contributed by atoms with Crippen LogP contribution in [0.2, 0.25) is 0 Å². The Balaban J connectivity index is 2.22. The molecule has 1 unspecified atom stereocenters. The van der Waals surface area contributed by atoms with Crippen molar-refractivity contribution < 1.29 is 24.7 Å². The molecular formula is C13H16N4O6. The van der Waals surface area contributed by atoms with Crippen molar-refractivity contribution in [2.75, 3.05) is 13.2 Å². The second-order valence-electron chi connectivity index (χ2n) is 5.09. The zero-order valence-corrected chi connectivity index (χ0v) is 12.6. The van der Waals surface area contributed by atoms with Gasteiger partial charge in [0, 0.05) is 6.92 Å². The first kappa shape index (κ1) is 16.6. The van der Waals surface area contributed by atoms with Gasteiger partial charge >= 0.3 is 5.82 Å². The Labute approximate surface area is 130 Å². The normalized spacial score (nSPS) is 18.0. The number of hydrogen-bond acceptors (Lipinski definition) is 7. The number of nitro groups is 1. The maximum Gasteiger partial charge on any atom is 0.342 e. The largest absolute Gasteiger partial charge is 0.509 e. The molecule has 1 aromatic heterocycles. The maximum atomic E-state index is 12.2. The number of aromatic nitrogens is 2. The molecule has 10 nitrogen and oxygen atoms in total. The van der Waals surface area contributed by atoms with Crippen molar-refractivity contribution in [3.05, 3.63) is 33.5 Å². The Morgan fingerprint density at radius 3 is 2.65 bits per heavy atom. The zero-order valence-electron chi connectivity index (χ0n) is 12.6. The average molecular weight is 324 g/mol. The van der Waals surface area contributed by atoms with E-state index in [4.69, 9.17) is 0 Å². The standard InChI is InChI=1S/C13H16N4O6/c1-7(19)11-12(20)9(6-18)16(13(11)21)4-3-15-8(2)14-5-10(15)17(22)23/h5,9,18,20H,3-4,6H2,1-2H3. The summed E-state index contributed by atoms with van der Waals surface area (Å²) in [6.45, 7) is 2.19. The van der Waals surface area contributed by atoms with E-state index in [1.807, 2.05) is 0 Å². The number of imidazole rings is 1. The number of aryl methyl sites for hydroxylation is 1. The van der Waals surface area contributed by atoms with Gasteiger partial charge in [-0.25, -0.2) is 9.55 Å². The molecule has 1 aromatic rings. The molecule has 10 heteroatoms. The molecule has 124 valence electrons. The highest BCUT2D eigenvalue weighted by atomic mass is 16.6. The summed E-state index contributed by atoms with van der Waals surface area (Å²) in [5.41, 5.74) is -0.360. The molecule has 23 heavy (non-hydrogen) atoms. The van der Waals surface area contributed by atoms with Crippen molar-refractivity contribution in [1.82, 2.24) is 14.5 Å². The molecular weight excluding hydrogens is 308 g/mol. The van der Waals surface area contributed by atoms with Crippen LogP contribution >= 0.6 is 0 Å². The number of carbonyl (C=O) groups is 2. The lowest BCUT2D eigenvalue weighted by molar-refractivity contribution is -0.392. The minimum atomic E-state index is -1.02. The summed E-state index contributed by atoms with van der Waals surface area (Å²) in [6.07, 6.45) is 1.11. The van der Waals surface area contributed by atoms with Crippen molar-refractivity contribution in [2.24, 2.45) is 0 Å². The molecule has 2 rings (SSSR count). The zero-order chi connectivity index (χ0) is 17.3. The van der Waals surface area contributed by atoms with Gasteiger partial charge in [-0.15, -0.1) is 0 Å². The van der Waals surface area contributed by atoms with Gasteiger partial charge in [0.15, 0.2) is 11.6 Å². The Bertz CT molecular complexity index is 707. The summed E-state index contributed by atoms with van der Waals surface area (Å²) in [4.78, 5) is 39.0. The Hall–Kier alpha value is -2.75. The molecule has 1 atom stereocenters. The number of aliphatic hydroxyl groups excluding tert-OH is 2. The Morgan fingerprint density at radius 1 is 1.48 bits per heavy atom. The molecule has 0 radical (unpaired) electrons. The molecule has 1 amide bonds. The third-order valence-corrected chi connectivity index (χ3v) is 3.73. The quantitative estimate of drug-likeness (QED) is 0.416. The molecule has 0 aromatic carbocycles. The number of ketones is 1. The van der Waals surface area contributed by atoms with Crippen LogP contribution in [0.25, 0.3) is 0 Å². The van der Waals surface area contributed by atoms with Gasteiger partial charge < -0.3 is 25.2 Å². The summed E-state index contributed by atoms with van der Waals surface area (Å²) in [6, 6.07) is -1.02. The van der Waals surface area contributed by atoms with Crippen LogP contribution < -0.4 is 0 Å². The first-order valence-corrected chi connectivity index (χ1v) is 6.82. The summed E-state index contributed by atoms with van der Waals surface area (Å²) in [5.74, 6) is -1.60. The third-order valence-electron chi connectivity index (χ3n) is 3.73. The van der Waals surface area contributed by atoms with E-state index in [2.05, 4.69) is 4.98 Å². The Kier molecular flexibility index (Phi) is 4.45. The van der Waals surface area contributed by atoms with Gasteiger partial charge in [-0.05, 0) is 11.8 Å². The third kappa shape index (κ3) is 2.80. The van der Waals surface area contributed by atoms with E-state index in [1.54, 1.807) is 6.92 Å². The molecule has 2 heterocycles. The molecule has 0 aliphatic carbocycles. The topological polar surface area (TPSA) is 139 Å². The lowest BCUT2D eigenvalue weighted by Gasteiger charge is -2.23. The van der Waals surface area contributed by atoms with Crippen molar-refractivity contribution in [1.29, 1.82) is 0 Å². The van der Waals surface area contributed by atoms with Crippen LogP contribution in [-0.4, -0.2) is 60.5 Å². The summed E-state index contributed by atoms with van der Waals surface area (Å²) in [7, 11) is 0. The van der Waals surface area contributed by atoms with E-state index in [1.165, 1.54) is 4.57 Å². The fourth-order valence-corrected chi connectivity index (χ4v) is 2.57. The van der Waals surface area contributed by atoms with Gasteiger partial charge in [-0.1, -0.05) is 0 Å². The maximum absolute atomic E-state index is 12.2. The van der Waals surface area contributed by atoms with Crippen molar-refractivity contribution >= 4 is 17.5 Å². The molecule has 1 aliphatic rings.